The van der Waals surface area contributed by atoms with Crippen molar-refractivity contribution in [3.63, 3.8) is 0 Å². The minimum absolute atomic E-state index is 0.818. The highest BCUT2D eigenvalue weighted by Gasteiger charge is 2.10. The van der Waals surface area contributed by atoms with E-state index in [1.54, 1.807) is 0 Å². The third-order valence-corrected chi connectivity index (χ3v) is 2.98. The largest absolute Gasteiger partial charge is 0.313 e. The molecule has 0 saturated carbocycles. The van der Waals surface area contributed by atoms with Crippen LogP contribution in [-0.4, -0.2) is 24.1 Å². The molecular weight excluding hydrogens is 142 g/mol. The van der Waals surface area contributed by atoms with Gasteiger partial charge in [0.25, 0.3) is 0 Å². The van der Waals surface area contributed by atoms with Crippen molar-refractivity contribution in [1.29, 1.82) is 0 Å². The predicted molar refractivity (Wildman–Crippen MR) is 48.6 cm³/mol. The second-order valence-corrected chi connectivity index (χ2v) is 4.13. The van der Waals surface area contributed by atoms with Crippen molar-refractivity contribution in [2.75, 3.05) is 18.1 Å². The van der Waals surface area contributed by atoms with E-state index in [1.165, 1.54) is 37.3 Å². The molecule has 0 amide bonds. The van der Waals surface area contributed by atoms with Crippen molar-refractivity contribution in [2.24, 2.45) is 0 Å². The van der Waals surface area contributed by atoms with Gasteiger partial charge in [0.2, 0.25) is 0 Å². The number of hydrogen-bond donors (Lipinski definition) is 1. The van der Waals surface area contributed by atoms with Crippen molar-refractivity contribution >= 4 is 11.8 Å². The molecule has 0 aromatic rings. The normalized spacial score (nSPS) is 26.7. The Morgan fingerprint density at radius 3 is 3.00 bits per heavy atom. The van der Waals surface area contributed by atoms with E-state index in [0.717, 1.165) is 6.04 Å². The third-order valence-electron chi connectivity index (χ3n) is 1.94. The molecule has 1 saturated heterocycles. The van der Waals surface area contributed by atoms with Gasteiger partial charge in [0.05, 0.1) is 0 Å². The summed E-state index contributed by atoms with van der Waals surface area (Å²) in [5, 5.41) is 3.53. The second-order valence-electron chi connectivity index (χ2n) is 2.81. The molecule has 0 bridgehead atoms. The zero-order valence-corrected chi connectivity index (χ0v) is 7.54. The van der Waals surface area contributed by atoms with E-state index in [0.29, 0.717) is 0 Å². The molecule has 1 rings (SSSR count). The Balaban J connectivity index is 2.02. The van der Waals surface area contributed by atoms with E-state index in [4.69, 9.17) is 0 Å². The average molecular weight is 159 g/mol. The number of hydrogen-bond acceptors (Lipinski definition) is 2. The molecule has 1 nitrogen and oxygen atoms in total. The topological polar surface area (TPSA) is 12.0 Å². The number of piperidine rings is 1. The first kappa shape index (κ1) is 8.41. The fourth-order valence-electron chi connectivity index (χ4n) is 1.33. The minimum atomic E-state index is 0.818. The van der Waals surface area contributed by atoms with Crippen LogP contribution in [0.3, 0.4) is 0 Å². The summed E-state index contributed by atoms with van der Waals surface area (Å²) < 4.78 is 0. The highest BCUT2D eigenvalue weighted by atomic mass is 32.2. The summed E-state index contributed by atoms with van der Waals surface area (Å²) in [5.74, 6) is 2.58. The van der Waals surface area contributed by atoms with Crippen LogP contribution in [0.2, 0.25) is 0 Å². The zero-order chi connectivity index (χ0) is 7.23. The van der Waals surface area contributed by atoms with Crippen LogP contribution in [0.15, 0.2) is 0 Å². The molecule has 1 atom stereocenters. The first-order valence-electron chi connectivity index (χ1n) is 4.24. The Bertz CT molecular complexity index is 79.3. The number of rotatable bonds is 3. The van der Waals surface area contributed by atoms with Gasteiger partial charge in [-0.05, 0) is 25.1 Å². The summed E-state index contributed by atoms with van der Waals surface area (Å²) in [6.07, 6.45) is 4.21. The van der Waals surface area contributed by atoms with E-state index in [9.17, 15) is 0 Å². The lowest BCUT2D eigenvalue weighted by atomic mass is 10.1. The molecule has 0 aliphatic carbocycles. The van der Waals surface area contributed by atoms with Gasteiger partial charge in [0.1, 0.15) is 0 Å². The maximum Gasteiger partial charge on any atom is 0.0158 e. The van der Waals surface area contributed by atoms with E-state index in [2.05, 4.69) is 24.0 Å². The molecule has 1 aliphatic rings. The molecule has 60 valence electrons. The molecule has 1 N–H and O–H groups in total. The van der Waals surface area contributed by atoms with Crippen LogP contribution in [0.4, 0.5) is 0 Å². The second kappa shape index (κ2) is 5.03. The Hall–Kier alpha value is 0.310. The van der Waals surface area contributed by atoms with Gasteiger partial charge in [0.15, 0.2) is 0 Å². The van der Waals surface area contributed by atoms with Crippen LogP contribution in [0, 0.1) is 0 Å². The Morgan fingerprint density at radius 2 is 2.40 bits per heavy atom. The van der Waals surface area contributed by atoms with E-state index < -0.39 is 0 Å². The predicted octanol–water partition coefficient (Wildman–Crippen LogP) is 1.88. The quantitative estimate of drug-likeness (QED) is 0.675. The van der Waals surface area contributed by atoms with Crippen LogP contribution in [0.1, 0.15) is 26.2 Å². The smallest absolute Gasteiger partial charge is 0.0158 e. The van der Waals surface area contributed by atoms with E-state index in [1.807, 2.05) is 0 Å². The lowest BCUT2D eigenvalue weighted by Gasteiger charge is -2.22. The molecule has 1 aliphatic heterocycles. The fraction of sp³-hybridized carbons (Fsp3) is 1.00. The van der Waals surface area contributed by atoms with Crippen molar-refractivity contribution in [2.45, 2.75) is 32.2 Å². The van der Waals surface area contributed by atoms with Gasteiger partial charge in [0, 0.05) is 11.8 Å². The fourth-order valence-corrected chi connectivity index (χ4v) is 2.13. The maximum absolute atomic E-state index is 3.53. The Kier molecular flexibility index (Phi) is 4.23. The highest BCUT2D eigenvalue weighted by Crippen LogP contribution is 2.11. The van der Waals surface area contributed by atoms with E-state index in [-0.39, 0.29) is 0 Å². The Morgan fingerprint density at radius 1 is 1.50 bits per heavy atom. The maximum atomic E-state index is 3.53. The molecule has 0 aromatic heterocycles. The molecule has 0 aromatic carbocycles. The van der Waals surface area contributed by atoms with Gasteiger partial charge in [-0.15, -0.1) is 0 Å². The first-order valence-corrected chi connectivity index (χ1v) is 5.40. The lowest BCUT2D eigenvalue weighted by molar-refractivity contribution is 0.430. The SMILES string of the molecule is CCSC[C@@H]1CCCCN1. The molecule has 0 spiro atoms. The van der Waals surface area contributed by atoms with Crippen LogP contribution in [0.5, 0.6) is 0 Å². The van der Waals surface area contributed by atoms with Crippen LogP contribution in [0.25, 0.3) is 0 Å². The standard InChI is InChI=1S/C8H17NS/c1-2-10-7-8-5-3-4-6-9-8/h8-9H,2-7H2,1H3/t8-/m0/s1. The molecule has 1 fully saturated rings. The van der Waals surface area contributed by atoms with Crippen LogP contribution in [-0.2, 0) is 0 Å². The third kappa shape index (κ3) is 2.93. The van der Waals surface area contributed by atoms with Gasteiger partial charge in [-0.1, -0.05) is 13.3 Å². The number of nitrogens with one attached hydrogen (secondary N) is 1. The van der Waals surface area contributed by atoms with Gasteiger partial charge in [-0.2, -0.15) is 11.8 Å². The highest BCUT2D eigenvalue weighted by molar-refractivity contribution is 7.99. The van der Waals surface area contributed by atoms with Gasteiger partial charge < -0.3 is 5.32 Å². The summed E-state index contributed by atoms with van der Waals surface area (Å²) in [5.41, 5.74) is 0. The molecule has 2 heteroatoms. The molecule has 10 heavy (non-hydrogen) atoms. The van der Waals surface area contributed by atoms with Crippen molar-refractivity contribution in [3.05, 3.63) is 0 Å². The average Bonchev–Trinajstić information content (AvgIpc) is 2.03. The molecular formula is C8H17NS. The lowest BCUT2D eigenvalue weighted by Crippen LogP contribution is -2.35. The van der Waals surface area contributed by atoms with Crippen molar-refractivity contribution < 1.29 is 0 Å². The summed E-state index contributed by atoms with van der Waals surface area (Å²) in [6.45, 7) is 3.47. The number of thioether (sulfide) groups is 1. The Labute approximate surface area is 68.0 Å². The summed E-state index contributed by atoms with van der Waals surface area (Å²) in [7, 11) is 0. The molecule has 1 heterocycles. The monoisotopic (exact) mass is 159 g/mol. The van der Waals surface area contributed by atoms with Gasteiger partial charge in [-0.3, -0.25) is 0 Å². The van der Waals surface area contributed by atoms with E-state index >= 15 is 0 Å². The van der Waals surface area contributed by atoms with Crippen molar-refractivity contribution in [1.82, 2.24) is 5.32 Å². The molecule has 0 unspecified atom stereocenters. The summed E-state index contributed by atoms with van der Waals surface area (Å²) in [4.78, 5) is 0. The molecule has 0 radical (unpaired) electrons. The summed E-state index contributed by atoms with van der Waals surface area (Å²) >= 11 is 2.05. The van der Waals surface area contributed by atoms with Crippen molar-refractivity contribution in [3.8, 4) is 0 Å². The van der Waals surface area contributed by atoms with Gasteiger partial charge in [-0.25, -0.2) is 0 Å². The van der Waals surface area contributed by atoms with Crippen LogP contribution < -0.4 is 5.32 Å². The summed E-state index contributed by atoms with van der Waals surface area (Å²) in [6, 6.07) is 0.818. The minimum Gasteiger partial charge on any atom is -0.313 e. The first-order chi connectivity index (χ1) is 4.93. The van der Waals surface area contributed by atoms with Crippen LogP contribution >= 0.6 is 11.8 Å². The zero-order valence-electron chi connectivity index (χ0n) is 6.73. The van der Waals surface area contributed by atoms with Gasteiger partial charge >= 0.3 is 0 Å².